The molecule has 4 heterocycles. The van der Waals surface area contributed by atoms with Crippen LogP contribution in [0, 0.1) is 13.8 Å². The Bertz CT molecular complexity index is 1610. The summed E-state index contributed by atoms with van der Waals surface area (Å²) in [6.07, 6.45) is 1.24. The smallest absolute Gasteiger partial charge is 0.266 e. The van der Waals surface area contributed by atoms with Crippen LogP contribution in [-0.4, -0.2) is 46.5 Å². The third kappa shape index (κ3) is 5.00. The van der Waals surface area contributed by atoms with Gasteiger partial charge < -0.3 is 24.8 Å². The monoisotopic (exact) mass is 555 g/mol. The van der Waals surface area contributed by atoms with E-state index < -0.39 is 0 Å². The number of phenols is 1. The molecule has 0 spiro atoms. The zero-order valence-electron chi connectivity index (χ0n) is 22.3. The molecule has 3 aliphatic heterocycles. The Labute approximate surface area is 236 Å². The molecule has 4 aromatic rings. The number of rotatable bonds is 1. The van der Waals surface area contributed by atoms with Crippen LogP contribution in [0.3, 0.4) is 0 Å². The van der Waals surface area contributed by atoms with E-state index in [0.717, 1.165) is 27.4 Å². The third-order valence-corrected chi connectivity index (χ3v) is 8.26. The fourth-order valence-corrected chi connectivity index (χ4v) is 6.21. The van der Waals surface area contributed by atoms with Crippen molar-refractivity contribution in [1.29, 1.82) is 0 Å². The highest BCUT2D eigenvalue weighted by molar-refractivity contribution is 7.13. The number of aromatic nitrogens is 1. The van der Waals surface area contributed by atoms with Gasteiger partial charge in [-0.2, -0.15) is 0 Å². The number of amides is 2. The Morgan fingerprint density at radius 2 is 1.90 bits per heavy atom. The Hall–Kier alpha value is -4.37. The largest absolute Gasteiger partial charge is 0.507 e. The van der Waals surface area contributed by atoms with Crippen molar-refractivity contribution in [3.05, 3.63) is 98.5 Å². The maximum Gasteiger partial charge on any atom is 0.266 e. The molecule has 2 N–H and O–H groups in total. The molecule has 204 valence electrons. The molecule has 9 heteroatoms. The third-order valence-electron chi connectivity index (χ3n) is 7.20. The average molecular weight is 556 g/mol. The number of carbonyl (C=O) groups excluding carboxylic acids is 2. The van der Waals surface area contributed by atoms with E-state index in [1.807, 2.05) is 61.2 Å². The summed E-state index contributed by atoms with van der Waals surface area (Å²) in [6, 6.07) is 18.0. The minimum absolute atomic E-state index is 0.0279. The standard InChI is InChI=1S/C31H29N3O5S/c1-18-29(40-19(2)33-18)31(37)34-13-11-20-15-23-7-9-25(20)28(34)21-5-3-6-22(16-21)38-14-4-12-32-30(36)26-17-24(39-23)8-10-27(26)35/h3,5-10,15-17,28,35H,4,11-14H2,1-2H3,(H,32,36). The number of ether oxygens (including phenoxy) is 2. The molecule has 8 bridgehead atoms. The van der Waals surface area contributed by atoms with Gasteiger partial charge in [0.25, 0.3) is 11.8 Å². The second-order valence-corrected chi connectivity index (χ2v) is 11.2. The van der Waals surface area contributed by atoms with Crippen LogP contribution in [0.25, 0.3) is 0 Å². The molecule has 3 aliphatic rings. The minimum Gasteiger partial charge on any atom is -0.507 e. The van der Waals surface area contributed by atoms with Crippen molar-refractivity contribution in [3.8, 4) is 23.0 Å². The molecule has 0 saturated heterocycles. The number of hydrogen-bond donors (Lipinski definition) is 2. The highest BCUT2D eigenvalue weighted by Gasteiger charge is 2.34. The summed E-state index contributed by atoms with van der Waals surface area (Å²) >= 11 is 1.43. The number of aryl methyl sites for hydroxylation is 2. The number of nitrogens with one attached hydrogen (secondary N) is 1. The number of aromatic hydroxyl groups is 1. The van der Waals surface area contributed by atoms with Crippen molar-refractivity contribution in [2.24, 2.45) is 0 Å². The summed E-state index contributed by atoms with van der Waals surface area (Å²) in [5.41, 5.74) is 3.95. The van der Waals surface area contributed by atoms with Crippen LogP contribution in [0.4, 0.5) is 0 Å². The molecule has 40 heavy (non-hydrogen) atoms. The van der Waals surface area contributed by atoms with Crippen molar-refractivity contribution < 1.29 is 24.2 Å². The second kappa shape index (κ2) is 10.7. The summed E-state index contributed by atoms with van der Waals surface area (Å²) in [4.78, 5) is 33.7. The molecule has 0 saturated carbocycles. The lowest BCUT2D eigenvalue weighted by Crippen LogP contribution is -2.40. The van der Waals surface area contributed by atoms with Crippen molar-refractivity contribution >= 4 is 23.2 Å². The summed E-state index contributed by atoms with van der Waals surface area (Å²) in [5, 5.41) is 14.0. The van der Waals surface area contributed by atoms with Crippen LogP contribution in [0.5, 0.6) is 23.0 Å². The number of nitrogens with zero attached hydrogens (tertiary/aromatic N) is 2. The lowest BCUT2D eigenvalue weighted by atomic mass is 9.87. The first-order chi connectivity index (χ1) is 19.4. The molecule has 8 nitrogen and oxygen atoms in total. The van der Waals surface area contributed by atoms with E-state index in [2.05, 4.69) is 10.3 Å². The van der Waals surface area contributed by atoms with E-state index in [1.54, 1.807) is 6.07 Å². The van der Waals surface area contributed by atoms with E-state index in [1.165, 1.54) is 23.5 Å². The highest BCUT2D eigenvalue weighted by Crippen LogP contribution is 2.40. The number of phenolic OH excluding ortho intramolecular Hbond substituents is 1. The van der Waals surface area contributed by atoms with Crippen molar-refractivity contribution in [3.63, 3.8) is 0 Å². The van der Waals surface area contributed by atoms with Crippen LogP contribution in [-0.2, 0) is 6.42 Å². The van der Waals surface area contributed by atoms with Gasteiger partial charge >= 0.3 is 0 Å². The molecule has 0 aliphatic carbocycles. The normalized spacial score (nSPS) is 16.8. The first-order valence-corrected chi connectivity index (χ1v) is 14.1. The van der Waals surface area contributed by atoms with E-state index in [-0.39, 0.29) is 29.2 Å². The lowest BCUT2D eigenvalue weighted by molar-refractivity contribution is 0.0698. The van der Waals surface area contributed by atoms with Crippen LogP contribution in [0.1, 0.15) is 59.9 Å². The van der Waals surface area contributed by atoms with Gasteiger partial charge in [-0.05, 0) is 85.8 Å². The van der Waals surface area contributed by atoms with Crippen LogP contribution in [0.2, 0.25) is 0 Å². The molecule has 0 fully saturated rings. The van der Waals surface area contributed by atoms with Gasteiger partial charge in [0.1, 0.15) is 27.9 Å². The van der Waals surface area contributed by atoms with E-state index >= 15 is 0 Å². The topological polar surface area (TPSA) is 101 Å². The number of benzene rings is 3. The van der Waals surface area contributed by atoms with Crippen LogP contribution >= 0.6 is 11.3 Å². The van der Waals surface area contributed by atoms with Gasteiger partial charge in [-0.15, -0.1) is 11.3 Å². The predicted octanol–water partition coefficient (Wildman–Crippen LogP) is 5.56. The summed E-state index contributed by atoms with van der Waals surface area (Å²) in [7, 11) is 0. The van der Waals surface area contributed by atoms with Crippen molar-refractivity contribution in [2.75, 3.05) is 19.7 Å². The van der Waals surface area contributed by atoms with Gasteiger partial charge in [0.2, 0.25) is 0 Å². The molecule has 3 aromatic carbocycles. The van der Waals surface area contributed by atoms with Gasteiger partial charge in [-0.3, -0.25) is 9.59 Å². The van der Waals surface area contributed by atoms with Crippen LogP contribution in [0.15, 0.2) is 60.7 Å². The zero-order chi connectivity index (χ0) is 27.8. The fraction of sp³-hybridized carbons (Fsp3) is 0.258. The van der Waals surface area contributed by atoms with Gasteiger partial charge in [0.15, 0.2) is 0 Å². The number of hydrogen-bond acceptors (Lipinski definition) is 7. The molecule has 1 atom stereocenters. The first kappa shape index (κ1) is 25.9. The maximum atomic E-state index is 13.9. The number of carbonyl (C=O) groups is 2. The second-order valence-electron chi connectivity index (χ2n) is 9.97. The molecule has 1 aromatic heterocycles. The van der Waals surface area contributed by atoms with Gasteiger partial charge in [0.05, 0.1) is 28.9 Å². The molecular formula is C31H29N3O5S. The zero-order valence-corrected chi connectivity index (χ0v) is 23.1. The summed E-state index contributed by atoms with van der Waals surface area (Å²) in [5.74, 6) is 1.23. The lowest BCUT2D eigenvalue weighted by Gasteiger charge is -2.38. The number of fused-ring (bicyclic) bond motifs is 6. The summed E-state index contributed by atoms with van der Waals surface area (Å²) < 4.78 is 12.2. The van der Waals surface area contributed by atoms with E-state index in [4.69, 9.17) is 9.47 Å². The Balaban J connectivity index is 1.44. The molecule has 7 rings (SSSR count). The Morgan fingerprint density at radius 3 is 2.73 bits per heavy atom. The Morgan fingerprint density at radius 1 is 1.07 bits per heavy atom. The predicted molar refractivity (Wildman–Crippen MR) is 152 cm³/mol. The quantitative estimate of drug-likeness (QED) is 0.319. The Kier molecular flexibility index (Phi) is 6.89. The number of thiazole rings is 1. The minimum atomic E-state index is -0.379. The highest BCUT2D eigenvalue weighted by atomic mass is 32.1. The van der Waals surface area contributed by atoms with Crippen molar-refractivity contribution in [2.45, 2.75) is 32.7 Å². The van der Waals surface area contributed by atoms with Crippen molar-refractivity contribution in [1.82, 2.24) is 15.2 Å². The van der Waals surface area contributed by atoms with E-state index in [9.17, 15) is 14.7 Å². The SMILES string of the molecule is Cc1nc(C)c(C(=O)N2CCc3cc4ccc3C2c2cccc(c2)OCCCNC(=O)c2cc(ccc2O)O4)s1. The van der Waals surface area contributed by atoms with Gasteiger partial charge in [-0.25, -0.2) is 4.98 Å². The maximum absolute atomic E-state index is 13.9. The molecule has 1 unspecified atom stereocenters. The average Bonchev–Trinajstić information content (AvgIpc) is 3.29. The van der Waals surface area contributed by atoms with E-state index in [0.29, 0.717) is 54.7 Å². The first-order valence-electron chi connectivity index (χ1n) is 13.3. The van der Waals surface area contributed by atoms with Gasteiger partial charge in [0, 0.05) is 13.1 Å². The molecule has 0 radical (unpaired) electrons. The van der Waals surface area contributed by atoms with Gasteiger partial charge in [-0.1, -0.05) is 18.2 Å². The fourth-order valence-electron chi connectivity index (χ4n) is 5.34. The summed E-state index contributed by atoms with van der Waals surface area (Å²) in [6.45, 7) is 5.11. The molecular weight excluding hydrogens is 526 g/mol. The van der Waals surface area contributed by atoms with Crippen LogP contribution < -0.4 is 14.8 Å². The molecule has 2 amide bonds.